The molecule has 0 radical (unpaired) electrons. The van der Waals surface area contributed by atoms with Crippen LogP contribution in [0.25, 0.3) is 11.1 Å². The molecule has 234 valence electrons. The number of halogens is 4. The summed E-state index contributed by atoms with van der Waals surface area (Å²) in [6.45, 7) is 2.17. The zero-order valence-corrected chi connectivity index (χ0v) is 24.7. The molecule has 1 N–H and O–H groups in total. The molecule has 2 fully saturated rings. The largest absolute Gasteiger partial charge is 0.485 e. The number of carboxylic acid groups (broad SMARTS) is 1. The average Bonchev–Trinajstić information content (AvgIpc) is 3.72. The molecule has 2 unspecified atom stereocenters. The summed E-state index contributed by atoms with van der Waals surface area (Å²) in [5.74, 6) is -2.03. The van der Waals surface area contributed by atoms with E-state index in [1.165, 1.54) is 13.2 Å². The topological polar surface area (TPSA) is 71.9 Å². The van der Waals surface area contributed by atoms with E-state index in [1.54, 1.807) is 17.9 Å². The smallest absolute Gasteiger partial charge is 0.393 e. The van der Waals surface area contributed by atoms with Crippen molar-refractivity contribution in [1.82, 2.24) is 9.88 Å². The van der Waals surface area contributed by atoms with E-state index in [0.717, 1.165) is 47.9 Å². The SMILES string of the molecule is COc1cc(-c2ccc(C3CCc4ccc(C(C5CC5)[C@H](C)C(=O)O)cc4O3)cc2CN2CC[C@H](C(F)(F)F)C2)c(F)cn1. The summed E-state index contributed by atoms with van der Waals surface area (Å²) in [5.41, 5.74) is 4.41. The van der Waals surface area contributed by atoms with E-state index in [9.17, 15) is 23.1 Å². The molecular formula is C34H36F4N2O4. The Hall–Kier alpha value is -3.66. The molecule has 0 spiro atoms. The van der Waals surface area contributed by atoms with Gasteiger partial charge in [0.2, 0.25) is 5.88 Å². The van der Waals surface area contributed by atoms with Gasteiger partial charge in [-0.15, -0.1) is 0 Å². The summed E-state index contributed by atoms with van der Waals surface area (Å²) in [4.78, 5) is 17.6. The first-order chi connectivity index (χ1) is 21.0. The maximum Gasteiger partial charge on any atom is 0.393 e. The van der Waals surface area contributed by atoms with Gasteiger partial charge in [0.25, 0.3) is 0 Å². The molecule has 3 aromatic rings. The zero-order valence-electron chi connectivity index (χ0n) is 24.7. The number of ether oxygens (including phenoxy) is 2. The number of aryl methyl sites for hydroxylation is 1. The van der Waals surface area contributed by atoms with Gasteiger partial charge in [-0.2, -0.15) is 13.2 Å². The van der Waals surface area contributed by atoms with Gasteiger partial charge in [0.1, 0.15) is 17.7 Å². The quantitative estimate of drug-likeness (QED) is 0.252. The Morgan fingerprint density at radius 3 is 2.59 bits per heavy atom. The molecule has 1 aromatic heterocycles. The van der Waals surface area contributed by atoms with Crippen molar-refractivity contribution in [3.63, 3.8) is 0 Å². The molecule has 44 heavy (non-hydrogen) atoms. The number of hydrogen-bond acceptors (Lipinski definition) is 5. The van der Waals surface area contributed by atoms with Gasteiger partial charge in [0, 0.05) is 24.7 Å². The van der Waals surface area contributed by atoms with Crippen molar-refractivity contribution in [2.24, 2.45) is 17.8 Å². The van der Waals surface area contributed by atoms with E-state index in [4.69, 9.17) is 9.47 Å². The van der Waals surface area contributed by atoms with Crippen LogP contribution in [0.1, 0.15) is 66.9 Å². The molecule has 4 atom stereocenters. The number of benzene rings is 2. The Labute approximate surface area is 254 Å². The summed E-state index contributed by atoms with van der Waals surface area (Å²) in [6.07, 6.45) is 0.0252. The third-order valence-corrected chi connectivity index (χ3v) is 9.44. The summed E-state index contributed by atoms with van der Waals surface area (Å²) in [5, 5.41) is 9.73. The van der Waals surface area contributed by atoms with Gasteiger partial charge in [-0.1, -0.05) is 37.3 Å². The number of aromatic nitrogens is 1. The second-order valence-corrected chi connectivity index (χ2v) is 12.4. The lowest BCUT2D eigenvalue weighted by molar-refractivity contribution is -0.170. The Bertz CT molecular complexity index is 1540. The minimum Gasteiger partial charge on any atom is -0.485 e. The lowest BCUT2D eigenvalue weighted by Crippen LogP contribution is -2.27. The fraction of sp³-hybridized carbons (Fsp3) is 0.471. The Balaban J connectivity index is 1.31. The van der Waals surface area contributed by atoms with Crippen LogP contribution < -0.4 is 9.47 Å². The predicted octanol–water partition coefficient (Wildman–Crippen LogP) is 7.56. The summed E-state index contributed by atoms with van der Waals surface area (Å²) >= 11 is 0. The van der Waals surface area contributed by atoms with Gasteiger partial charge < -0.3 is 14.6 Å². The van der Waals surface area contributed by atoms with Crippen LogP contribution in [-0.4, -0.2) is 47.3 Å². The molecule has 1 saturated heterocycles. The highest BCUT2D eigenvalue weighted by atomic mass is 19.4. The molecule has 3 aliphatic rings. The molecular weight excluding hydrogens is 576 g/mol. The number of pyridine rings is 1. The zero-order chi connectivity index (χ0) is 31.2. The molecule has 3 heterocycles. The van der Waals surface area contributed by atoms with Crippen LogP contribution in [0, 0.1) is 23.6 Å². The Morgan fingerprint density at radius 1 is 1.11 bits per heavy atom. The third kappa shape index (κ3) is 6.27. The van der Waals surface area contributed by atoms with E-state index in [2.05, 4.69) is 4.98 Å². The lowest BCUT2D eigenvalue weighted by atomic mass is 9.82. The molecule has 0 amide bonds. The van der Waals surface area contributed by atoms with Gasteiger partial charge in [-0.3, -0.25) is 9.69 Å². The fourth-order valence-corrected chi connectivity index (χ4v) is 6.84. The number of carboxylic acids is 1. The number of alkyl halides is 3. The molecule has 6 nitrogen and oxygen atoms in total. The molecule has 1 saturated carbocycles. The summed E-state index contributed by atoms with van der Waals surface area (Å²) in [6, 6.07) is 13.1. The van der Waals surface area contributed by atoms with Crippen molar-refractivity contribution in [2.75, 3.05) is 20.2 Å². The average molecular weight is 613 g/mol. The second kappa shape index (κ2) is 12.0. The fourth-order valence-electron chi connectivity index (χ4n) is 6.84. The normalized spacial score (nSPS) is 21.8. The first kappa shape index (κ1) is 30.4. The van der Waals surface area contributed by atoms with E-state index in [0.29, 0.717) is 30.0 Å². The van der Waals surface area contributed by atoms with Crippen LogP contribution in [0.3, 0.4) is 0 Å². The van der Waals surface area contributed by atoms with E-state index in [-0.39, 0.29) is 43.0 Å². The molecule has 1 aliphatic carbocycles. The summed E-state index contributed by atoms with van der Waals surface area (Å²) < 4.78 is 67.1. The van der Waals surface area contributed by atoms with Crippen LogP contribution in [0.2, 0.25) is 0 Å². The minimum atomic E-state index is -4.26. The van der Waals surface area contributed by atoms with Crippen molar-refractivity contribution >= 4 is 5.97 Å². The van der Waals surface area contributed by atoms with Crippen LogP contribution in [0.4, 0.5) is 17.6 Å². The van der Waals surface area contributed by atoms with Crippen LogP contribution in [-0.2, 0) is 17.8 Å². The van der Waals surface area contributed by atoms with E-state index >= 15 is 4.39 Å². The van der Waals surface area contributed by atoms with Crippen molar-refractivity contribution in [3.05, 3.63) is 76.7 Å². The van der Waals surface area contributed by atoms with Crippen molar-refractivity contribution < 1.29 is 36.9 Å². The van der Waals surface area contributed by atoms with Crippen LogP contribution in [0.15, 0.2) is 48.7 Å². The number of hydrogen-bond donors (Lipinski definition) is 1. The standard InChI is InChI=1S/C34H36F4N2O4/c1-19(33(41)42)32(21-4-5-21)23-6-3-20-8-10-29(44-30(20)14-23)22-7-9-26(27-15-31(43-2)39-16-28(27)35)24(13-22)17-40-12-11-25(18-40)34(36,37)38/h3,6-7,9,13-16,19,21,25,29,32H,4-5,8,10-12,17-18H2,1-2H3,(H,41,42)/t19-,25-,29?,32?/m0/s1. The molecule has 0 bridgehead atoms. The predicted molar refractivity (Wildman–Crippen MR) is 156 cm³/mol. The van der Waals surface area contributed by atoms with Gasteiger partial charge in [-0.05, 0) is 84.4 Å². The van der Waals surface area contributed by atoms with Crippen molar-refractivity contribution in [1.29, 1.82) is 0 Å². The van der Waals surface area contributed by atoms with Gasteiger partial charge in [-0.25, -0.2) is 9.37 Å². The van der Waals surface area contributed by atoms with Gasteiger partial charge >= 0.3 is 12.1 Å². The van der Waals surface area contributed by atoms with Crippen LogP contribution >= 0.6 is 0 Å². The number of aliphatic carboxylic acids is 1. The first-order valence-electron chi connectivity index (χ1n) is 15.2. The Morgan fingerprint density at radius 2 is 1.91 bits per heavy atom. The first-order valence-corrected chi connectivity index (χ1v) is 15.2. The molecule has 2 aromatic carbocycles. The molecule has 2 aliphatic heterocycles. The maximum absolute atomic E-state index is 15.1. The number of rotatable bonds is 9. The second-order valence-electron chi connectivity index (χ2n) is 12.4. The number of methoxy groups -OCH3 is 1. The van der Waals surface area contributed by atoms with Crippen molar-refractivity contribution in [3.8, 4) is 22.8 Å². The monoisotopic (exact) mass is 612 g/mol. The van der Waals surface area contributed by atoms with E-state index in [1.807, 2.05) is 30.3 Å². The number of carbonyl (C=O) groups is 1. The number of fused-ring (bicyclic) bond motifs is 1. The molecule has 10 heteroatoms. The number of nitrogens with zero attached hydrogens (tertiary/aromatic N) is 2. The highest BCUT2D eigenvalue weighted by Gasteiger charge is 2.43. The summed E-state index contributed by atoms with van der Waals surface area (Å²) in [7, 11) is 1.44. The Kier molecular flexibility index (Phi) is 8.30. The highest BCUT2D eigenvalue weighted by Crippen LogP contribution is 2.48. The van der Waals surface area contributed by atoms with E-state index < -0.39 is 29.8 Å². The van der Waals surface area contributed by atoms with Gasteiger partial charge in [0.15, 0.2) is 0 Å². The maximum atomic E-state index is 15.1. The number of likely N-dealkylation sites (tertiary alicyclic amines) is 1. The third-order valence-electron chi connectivity index (χ3n) is 9.44. The lowest BCUT2D eigenvalue weighted by Gasteiger charge is -2.29. The van der Waals surface area contributed by atoms with Crippen molar-refractivity contribution in [2.45, 2.75) is 63.8 Å². The minimum absolute atomic E-state index is 0.0309. The molecule has 6 rings (SSSR count). The van der Waals surface area contributed by atoms with Crippen LogP contribution in [0.5, 0.6) is 11.6 Å². The van der Waals surface area contributed by atoms with Gasteiger partial charge in [0.05, 0.1) is 25.1 Å². The highest BCUT2D eigenvalue weighted by molar-refractivity contribution is 5.71.